The Morgan fingerprint density at radius 2 is 1.45 bits per heavy atom. The van der Waals surface area contributed by atoms with Gasteiger partial charge in [-0.3, -0.25) is 9.59 Å². The van der Waals surface area contributed by atoms with E-state index in [0.29, 0.717) is 38.0 Å². The predicted octanol–water partition coefficient (Wildman–Crippen LogP) is 5.73. The molecular weight excluding hydrogens is 658 g/mol. The Hall–Kier alpha value is -5.28. The number of phenolic OH excluding ortho intramolecular Hbond substituents is 1. The molecule has 0 spiro atoms. The monoisotopic (exact) mass is 685 g/mol. The van der Waals surface area contributed by atoms with E-state index in [4.69, 9.17) is 0 Å². The number of aromatic hydroxyl groups is 1. The zero-order chi connectivity index (χ0) is 32.4. The molecule has 47 heavy (non-hydrogen) atoms. The van der Waals surface area contributed by atoms with Crippen LogP contribution < -0.4 is 11.4 Å². The van der Waals surface area contributed by atoms with Crippen LogP contribution >= 0.6 is 15.9 Å². The van der Waals surface area contributed by atoms with Gasteiger partial charge in [0.05, 0.1) is 23.7 Å². The lowest BCUT2D eigenvalue weighted by Gasteiger charge is -2.54. The Kier molecular flexibility index (Phi) is 6.77. The Morgan fingerprint density at radius 1 is 0.787 bits per heavy atom. The van der Waals surface area contributed by atoms with E-state index >= 15 is 4.79 Å². The molecule has 1 aliphatic heterocycles. The quantitative estimate of drug-likeness (QED) is 0.244. The lowest BCUT2D eigenvalue weighted by molar-refractivity contribution is -0.133. The zero-order valence-corrected chi connectivity index (χ0v) is 26.6. The van der Waals surface area contributed by atoms with Crippen molar-refractivity contribution in [3.05, 3.63) is 169 Å². The second-order valence-corrected chi connectivity index (χ2v) is 13.1. The standard InChI is InChI=1S/C38H28BrN3O5/c39-25-16-17-32(43)29(20-25)34-27-18-19-40-36(46)41(26-14-8-3-9-15-26)37(47)42(40)31(27)22-30-35(45)28(23-10-4-1-5-11-23)21-33(44)38(30,34)24-12-6-2-7-13-24/h1-18,20-21,30-31,34,43H,19,22H2. The normalized spacial score (nSPS) is 23.3. The number of halogens is 1. The van der Waals surface area contributed by atoms with Gasteiger partial charge in [-0.2, -0.15) is 0 Å². The summed E-state index contributed by atoms with van der Waals surface area (Å²) in [4.78, 5) is 58.0. The number of hydrogen-bond acceptors (Lipinski definition) is 5. The third-order valence-corrected chi connectivity index (χ3v) is 10.4. The van der Waals surface area contributed by atoms with Gasteiger partial charge in [-0.15, -0.1) is 0 Å². The first kappa shape index (κ1) is 29.1. The van der Waals surface area contributed by atoms with Crippen molar-refractivity contribution in [1.82, 2.24) is 13.9 Å². The number of hydrogen-bond donors (Lipinski definition) is 1. The largest absolute Gasteiger partial charge is 0.508 e. The van der Waals surface area contributed by atoms with Crippen LogP contribution in [0.1, 0.15) is 35.1 Å². The van der Waals surface area contributed by atoms with Gasteiger partial charge in [0.1, 0.15) is 5.75 Å². The van der Waals surface area contributed by atoms with E-state index in [0.717, 1.165) is 4.57 Å². The highest BCUT2D eigenvalue weighted by Crippen LogP contribution is 2.62. The maximum Gasteiger partial charge on any atom is 0.352 e. The maximum atomic E-state index is 15.0. The summed E-state index contributed by atoms with van der Waals surface area (Å²) in [7, 11) is 0. The minimum absolute atomic E-state index is 0.0379. The number of ketones is 2. The van der Waals surface area contributed by atoms with Crippen LogP contribution in [-0.4, -0.2) is 30.6 Å². The minimum Gasteiger partial charge on any atom is -0.508 e. The van der Waals surface area contributed by atoms with Crippen molar-refractivity contribution in [1.29, 1.82) is 0 Å². The second kappa shape index (κ2) is 10.9. The minimum atomic E-state index is -1.44. The van der Waals surface area contributed by atoms with Crippen LogP contribution in [0.3, 0.4) is 0 Å². The molecule has 1 N–H and O–H groups in total. The van der Waals surface area contributed by atoms with Gasteiger partial charge < -0.3 is 5.11 Å². The Labute approximate surface area is 277 Å². The average molecular weight is 687 g/mol. The number of rotatable bonds is 4. The number of phenols is 1. The molecule has 4 atom stereocenters. The first-order valence-electron chi connectivity index (χ1n) is 15.4. The van der Waals surface area contributed by atoms with Crippen LogP contribution in [0.5, 0.6) is 5.75 Å². The van der Waals surface area contributed by atoms with Gasteiger partial charge in [0.25, 0.3) is 0 Å². The Morgan fingerprint density at radius 3 is 2.15 bits per heavy atom. The van der Waals surface area contributed by atoms with Gasteiger partial charge in [0, 0.05) is 27.4 Å². The summed E-state index contributed by atoms with van der Waals surface area (Å²) >= 11 is 3.56. The van der Waals surface area contributed by atoms with Crippen LogP contribution in [0.25, 0.3) is 11.3 Å². The summed E-state index contributed by atoms with van der Waals surface area (Å²) < 4.78 is 4.67. The lowest BCUT2D eigenvalue weighted by Crippen LogP contribution is -2.58. The van der Waals surface area contributed by atoms with E-state index in [-0.39, 0.29) is 30.3 Å². The van der Waals surface area contributed by atoms with Gasteiger partial charge in [-0.05, 0) is 59.5 Å². The summed E-state index contributed by atoms with van der Waals surface area (Å²) in [5.74, 6) is -2.30. The fourth-order valence-corrected chi connectivity index (χ4v) is 8.41. The summed E-state index contributed by atoms with van der Waals surface area (Å²) in [5.41, 5.74) is 0.703. The average Bonchev–Trinajstić information content (AvgIpc) is 3.36. The third-order valence-electron chi connectivity index (χ3n) is 9.95. The fraction of sp³-hybridized carbons (Fsp3) is 0.158. The number of aromatic nitrogens is 3. The Balaban J connectivity index is 1.44. The predicted molar refractivity (Wildman–Crippen MR) is 181 cm³/mol. The molecule has 0 bridgehead atoms. The molecular formula is C38H28BrN3O5. The highest BCUT2D eigenvalue weighted by atomic mass is 79.9. The third kappa shape index (κ3) is 4.19. The van der Waals surface area contributed by atoms with Crippen LogP contribution in [0, 0.1) is 5.92 Å². The van der Waals surface area contributed by atoms with Crippen molar-refractivity contribution >= 4 is 33.1 Å². The first-order valence-corrected chi connectivity index (χ1v) is 16.2. The van der Waals surface area contributed by atoms with Gasteiger partial charge in [-0.25, -0.2) is 23.5 Å². The summed E-state index contributed by atoms with van der Waals surface area (Å²) in [5, 5.41) is 11.5. The maximum absolute atomic E-state index is 15.0. The number of carbonyl (C=O) groups is 2. The topological polar surface area (TPSA) is 103 Å². The highest BCUT2D eigenvalue weighted by molar-refractivity contribution is 9.10. The smallest absolute Gasteiger partial charge is 0.352 e. The van der Waals surface area contributed by atoms with Crippen molar-refractivity contribution in [2.75, 3.05) is 0 Å². The van der Waals surface area contributed by atoms with Crippen molar-refractivity contribution in [3.63, 3.8) is 0 Å². The van der Waals surface area contributed by atoms with Gasteiger partial charge in [0.2, 0.25) is 0 Å². The van der Waals surface area contributed by atoms with E-state index in [1.165, 1.54) is 15.4 Å². The molecule has 0 amide bonds. The number of para-hydroxylation sites is 1. The molecule has 1 saturated carbocycles. The second-order valence-electron chi connectivity index (χ2n) is 12.2. The molecule has 2 heterocycles. The molecule has 9 heteroatoms. The van der Waals surface area contributed by atoms with Gasteiger partial charge in [0.15, 0.2) is 11.6 Å². The summed E-state index contributed by atoms with van der Waals surface area (Å²) in [6.45, 7) is 0.0772. The van der Waals surface area contributed by atoms with Crippen molar-refractivity contribution in [2.45, 2.75) is 30.3 Å². The molecule has 0 saturated heterocycles. The number of Topliss-reactive ketones (excluding diaryl/α,β-unsaturated/α-hetero) is 1. The molecule has 1 fully saturated rings. The van der Waals surface area contributed by atoms with Crippen molar-refractivity contribution in [3.8, 4) is 11.4 Å². The SMILES string of the molecule is O=C1C(c2ccccc2)=CC(=O)C2(c3ccccc3)C1CC1C(=CCn3c(=O)n(-c4ccccc4)c(=O)n31)C2c1cc(Br)ccc1O. The molecule has 4 aromatic carbocycles. The van der Waals surface area contributed by atoms with Crippen LogP contribution in [0.15, 0.2) is 141 Å². The lowest BCUT2D eigenvalue weighted by atomic mass is 9.47. The molecule has 2 aliphatic carbocycles. The highest BCUT2D eigenvalue weighted by Gasteiger charge is 2.63. The molecule has 1 aromatic heterocycles. The number of allylic oxidation sites excluding steroid dienone is 4. The number of fused-ring (bicyclic) bond motifs is 4. The summed E-state index contributed by atoms with van der Waals surface area (Å²) in [6.07, 6.45) is 3.45. The number of nitrogens with zero attached hydrogens (tertiary/aromatic N) is 3. The van der Waals surface area contributed by atoms with E-state index in [2.05, 4.69) is 15.9 Å². The van der Waals surface area contributed by atoms with Crippen molar-refractivity contribution in [2.24, 2.45) is 5.92 Å². The van der Waals surface area contributed by atoms with E-state index < -0.39 is 34.7 Å². The first-order chi connectivity index (χ1) is 22.8. The van der Waals surface area contributed by atoms with Crippen LogP contribution in [0.2, 0.25) is 0 Å². The molecule has 232 valence electrons. The molecule has 4 unspecified atom stereocenters. The van der Waals surface area contributed by atoms with Gasteiger partial charge >= 0.3 is 11.4 Å². The summed E-state index contributed by atoms with van der Waals surface area (Å²) in [6, 6.07) is 31.4. The van der Waals surface area contributed by atoms with E-state index in [9.17, 15) is 19.5 Å². The molecule has 0 radical (unpaired) electrons. The molecule has 8 nitrogen and oxygen atoms in total. The fourth-order valence-electron chi connectivity index (χ4n) is 8.04. The van der Waals surface area contributed by atoms with Crippen molar-refractivity contribution < 1.29 is 14.7 Å². The molecule has 5 aromatic rings. The van der Waals surface area contributed by atoms with Gasteiger partial charge in [-0.1, -0.05) is 101 Å². The van der Waals surface area contributed by atoms with Crippen LogP contribution in [-0.2, 0) is 21.5 Å². The molecule has 8 rings (SSSR count). The number of carbonyl (C=O) groups excluding carboxylic acids is 2. The Bertz CT molecular complexity index is 2270. The number of benzene rings is 4. The molecule has 3 aliphatic rings. The van der Waals surface area contributed by atoms with Crippen LogP contribution in [0.4, 0.5) is 0 Å². The zero-order valence-electron chi connectivity index (χ0n) is 25.0. The van der Waals surface area contributed by atoms with E-state index in [1.54, 1.807) is 54.6 Å². The van der Waals surface area contributed by atoms with E-state index in [1.807, 2.05) is 60.7 Å².